The molecule has 0 aliphatic carbocycles. The molecule has 94 valence electrons. The second kappa shape index (κ2) is 5.29. The smallest absolute Gasteiger partial charge is 0.0725 e. The summed E-state index contributed by atoms with van der Waals surface area (Å²) < 4.78 is 0. The maximum Gasteiger partial charge on any atom is 0.0725 e. The zero-order valence-electron chi connectivity index (χ0n) is 11.1. The summed E-state index contributed by atoms with van der Waals surface area (Å²) in [7, 11) is 0. The van der Waals surface area contributed by atoms with Gasteiger partial charge in [0.15, 0.2) is 0 Å². The fraction of sp³-hybridized carbons (Fsp3) is 0.267. The Bertz CT molecular complexity index is 532. The minimum Gasteiger partial charge on any atom is -0.271 e. The van der Waals surface area contributed by atoms with Crippen LogP contribution in [-0.2, 0) is 0 Å². The van der Waals surface area contributed by atoms with Crippen LogP contribution in [0.2, 0.25) is 0 Å². The molecule has 0 bridgehead atoms. The molecule has 1 aromatic carbocycles. The number of pyridine rings is 1. The third kappa shape index (κ3) is 2.58. The van der Waals surface area contributed by atoms with Crippen LogP contribution in [0.5, 0.6) is 0 Å². The van der Waals surface area contributed by atoms with Crippen molar-refractivity contribution in [3.8, 4) is 0 Å². The summed E-state index contributed by atoms with van der Waals surface area (Å²) in [4.78, 5) is 4.32. The van der Waals surface area contributed by atoms with Crippen LogP contribution in [0.15, 0.2) is 36.5 Å². The molecule has 0 saturated heterocycles. The third-order valence-electron chi connectivity index (χ3n) is 3.30. The van der Waals surface area contributed by atoms with E-state index in [0.717, 1.165) is 16.8 Å². The second-order valence-electron chi connectivity index (χ2n) is 4.68. The topological polar surface area (TPSA) is 50.9 Å². The monoisotopic (exact) mass is 241 g/mol. The van der Waals surface area contributed by atoms with Gasteiger partial charge in [0.1, 0.15) is 0 Å². The van der Waals surface area contributed by atoms with Gasteiger partial charge in [-0.2, -0.15) is 0 Å². The zero-order valence-corrected chi connectivity index (χ0v) is 11.1. The normalized spacial score (nSPS) is 12.4. The highest BCUT2D eigenvalue weighted by Crippen LogP contribution is 2.22. The Morgan fingerprint density at radius 1 is 1.00 bits per heavy atom. The second-order valence-corrected chi connectivity index (χ2v) is 4.68. The molecule has 0 radical (unpaired) electrons. The predicted molar refractivity (Wildman–Crippen MR) is 74.1 cm³/mol. The van der Waals surface area contributed by atoms with E-state index >= 15 is 0 Å². The quantitative estimate of drug-likeness (QED) is 0.641. The highest BCUT2D eigenvalue weighted by atomic mass is 15.2. The Morgan fingerprint density at radius 2 is 1.72 bits per heavy atom. The SMILES string of the molecule is Cc1ccc(C(NN)c2ccc(C)c(C)c2)cn1. The fourth-order valence-corrected chi connectivity index (χ4v) is 1.98. The summed E-state index contributed by atoms with van der Waals surface area (Å²) in [6, 6.07) is 10.4. The lowest BCUT2D eigenvalue weighted by atomic mass is 9.97. The number of aryl methyl sites for hydroxylation is 3. The van der Waals surface area contributed by atoms with Gasteiger partial charge in [-0.25, -0.2) is 5.43 Å². The molecule has 1 aromatic heterocycles. The summed E-state index contributed by atoms with van der Waals surface area (Å²) >= 11 is 0. The van der Waals surface area contributed by atoms with Crippen LogP contribution in [0.3, 0.4) is 0 Å². The van der Waals surface area contributed by atoms with Crippen LogP contribution < -0.4 is 11.3 Å². The van der Waals surface area contributed by atoms with Gasteiger partial charge in [-0.05, 0) is 49.1 Å². The van der Waals surface area contributed by atoms with Crippen molar-refractivity contribution in [3.63, 3.8) is 0 Å². The molecule has 1 atom stereocenters. The van der Waals surface area contributed by atoms with E-state index in [2.05, 4.69) is 48.5 Å². The first-order valence-corrected chi connectivity index (χ1v) is 6.07. The average Bonchev–Trinajstić information content (AvgIpc) is 2.37. The van der Waals surface area contributed by atoms with Crippen molar-refractivity contribution < 1.29 is 0 Å². The van der Waals surface area contributed by atoms with Gasteiger partial charge in [-0.3, -0.25) is 10.8 Å². The summed E-state index contributed by atoms with van der Waals surface area (Å²) in [6.45, 7) is 6.20. The molecule has 0 fully saturated rings. The van der Waals surface area contributed by atoms with Crippen molar-refractivity contribution in [2.45, 2.75) is 26.8 Å². The van der Waals surface area contributed by atoms with Crippen molar-refractivity contribution in [2.75, 3.05) is 0 Å². The molecular weight excluding hydrogens is 222 g/mol. The molecule has 1 unspecified atom stereocenters. The van der Waals surface area contributed by atoms with Crippen molar-refractivity contribution in [1.82, 2.24) is 10.4 Å². The van der Waals surface area contributed by atoms with Crippen LogP contribution in [0.1, 0.15) is 34.0 Å². The number of aromatic nitrogens is 1. The Hall–Kier alpha value is -1.71. The molecular formula is C15H19N3. The van der Waals surface area contributed by atoms with E-state index in [4.69, 9.17) is 5.84 Å². The summed E-state index contributed by atoms with van der Waals surface area (Å²) in [6.07, 6.45) is 1.87. The largest absolute Gasteiger partial charge is 0.271 e. The van der Waals surface area contributed by atoms with Gasteiger partial charge in [0.25, 0.3) is 0 Å². The number of hydrazine groups is 1. The van der Waals surface area contributed by atoms with Crippen LogP contribution >= 0.6 is 0 Å². The van der Waals surface area contributed by atoms with Gasteiger partial charge >= 0.3 is 0 Å². The van der Waals surface area contributed by atoms with Gasteiger partial charge in [0.2, 0.25) is 0 Å². The molecule has 0 aliphatic rings. The number of hydrogen-bond donors (Lipinski definition) is 2. The number of nitrogens with one attached hydrogen (secondary N) is 1. The van der Waals surface area contributed by atoms with E-state index < -0.39 is 0 Å². The highest BCUT2D eigenvalue weighted by molar-refractivity contribution is 5.36. The van der Waals surface area contributed by atoms with E-state index in [9.17, 15) is 0 Å². The first kappa shape index (κ1) is 12.7. The number of hydrogen-bond acceptors (Lipinski definition) is 3. The molecule has 0 spiro atoms. The molecule has 18 heavy (non-hydrogen) atoms. The minimum atomic E-state index is -0.0163. The lowest BCUT2D eigenvalue weighted by Crippen LogP contribution is -2.29. The fourth-order valence-electron chi connectivity index (χ4n) is 1.98. The summed E-state index contributed by atoms with van der Waals surface area (Å²) in [5, 5.41) is 0. The van der Waals surface area contributed by atoms with E-state index in [1.54, 1.807) is 0 Å². The molecule has 0 aliphatic heterocycles. The van der Waals surface area contributed by atoms with E-state index in [-0.39, 0.29) is 6.04 Å². The summed E-state index contributed by atoms with van der Waals surface area (Å²) in [5.74, 6) is 5.69. The standard InChI is InChI=1S/C15H19N3/c1-10-4-6-13(8-11(10)2)15(18-16)14-7-5-12(3)17-9-14/h4-9,15,18H,16H2,1-3H3. The Kier molecular flexibility index (Phi) is 3.75. The van der Waals surface area contributed by atoms with Crippen LogP contribution in [-0.4, -0.2) is 4.98 Å². The first-order valence-electron chi connectivity index (χ1n) is 6.07. The van der Waals surface area contributed by atoms with Crippen molar-refractivity contribution >= 4 is 0 Å². The highest BCUT2D eigenvalue weighted by Gasteiger charge is 2.13. The molecule has 2 aromatic rings. The predicted octanol–water partition coefficient (Wildman–Crippen LogP) is 2.56. The van der Waals surface area contributed by atoms with Gasteiger partial charge in [-0.15, -0.1) is 0 Å². The van der Waals surface area contributed by atoms with Crippen molar-refractivity contribution in [3.05, 3.63) is 64.5 Å². The maximum absolute atomic E-state index is 5.69. The first-order chi connectivity index (χ1) is 8.61. The Morgan fingerprint density at radius 3 is 2.28 bits per heavy atom. The number of nitrogens with two attached hydrogens (primary N) is 1. The molecule has 1 heterocycles. The van der Waals surface area contributed by atoms with Crippen LogP contribution in [0, 0.1) is 20.8 Å². The minimum absolute atomic E-state index is 0.0163. The number of rotatable bonds is 3. The molecule has 0 amide bonds. The summed E-state index contributed by atoms with van der Waals surface area (Å²) in [5.41, 5.74) is 8.66. The maximum atomic E-state index is 5.69. The molecule has 0 saturated carbocycles. The van der Waals surface area contributed by atoms with E-state index in [1.807, 2.05) is 19.2 Å². The number of nitrogens with zero attached hydrogens (tertiary/aromatic N) is 1. The van der Waals surface area contributed by atoms with Crippen molar-refractivity contribution in [2.24, 2.45) is 5.84 Å². The van der Waals surface area contributed by atoms with E-state index in [0.29, 0.717) is 0 Å². The van der Waals surface area contributed by atoms with Gasteiger partial charge in [0, 0.05) is 11.9 Å². The van der Waals surface area contributed by atoms with E-state index in [1.165, 1.54) is 11.1 Å². The Balaban J connectivity index is 2.38. The van der Waals surface area contributed by atoms with Crippen LogP contribution in [0.25, 0.3) is 0 Å². The Labute approximate surface area is 108 Å². The molecule has 3 nitrogen and oxygen atoms in total. The molecule has 3 N–H and O–H groups in total. The third-order valence-corrected chi connectivity index (χ3v) is 3.30. The van der Waals surface area contributed by atoms with Gasteiger partial charge < -0.3 is 0 Å². The van der Waals surface area contributed by atoms with Gasteiger partial charge in [0.05, 0.1) is 6.04 Å². The van der Waals surface area contributed by atoms with Crippen LogP contribution in [0.4, 0.5) is 0 Å². The molecule has 3 heteroatoms. The van der Waals surface area contributed by atoms with Crippen molar-refractivity contribution in [1.29, 1.82) is 0 Å². The van der Waals surface area contributed by atoms with Gasteiger partial charge in [-0.1, -0.05) is 24.3 Å². The molecule has 2 rings (SSSR count). The lowest BCUT2D eigenvalue weighted by molar-refractivity contribution is 0.633. The number of benzene rings is 1. The zero-order chi connectivity index (χ0) is 13.1. The lowest BCUT2D eigenvalue weighted by Gasteiger charge is -2.17. The average molecular weight is 241 g/mol.